The SMILES string of the molecule is Cc1ccc(NC(=O)C[C@H]2Nc3cccc4cccc(c34)NC2=O)cc1. The number of carbonyl (C=O) groups excluding carboxylic acids is 2. The van der Waals surface area contributed by atoms with Crippen LogP contribution in [-0.2, 0) is 9.59 Å². The molecule has 0 bridgehead atoms. The van der Waals surface area contributed by atoms with Crippen molar-refractivity contribution in [2.24, 2.45) is 0 Å². The van der Waals surface area contributed by atoms with E-state index in [-0.39, 0.29) is 18.2 Å². The average molecular weight is 345 g/mol. The summed E-state index contributed by atoms with van der Waals surface area (Å²) < 4.78 is 0. The molecule has 3 aromatic rings. The zero-order valence-electron chi connectivity index (χ0n) is 14.4. The predicted molar refractivity (Wildman–Crippen MR) is 104 cm³/mol. The molecule has 0 fully saturated rings. The lowest BCUT2D eigenvalue weighted by Crippen LogP contribution is -2.36. The molecule has 1 heterocycles. The molecule has 0 spiro atoms. The molecule has 26 heavy (non-hydrogen) atoms. The first-order valence-electron chi connectivity index (χ1n) is 8.56. The molecule has 0 aliphatic carbocycles. The highest BCUT2D eigenvalue weighted by atomic mass is 16.2. The highest BCUT2D eigenvalue weighted by Gasteiger charge is 2.26. The van der Waals surface area contributed by atoms with E-state index >= 15 is 0 Å². The van der Waals surface area contributed by atoms with Crippen LogP contribution in [0.25, 0.3) is 10.8 Å². The fourth-order valence-corrected chi connectivity index (χ4v) is 3.22. The van der Waals surface area contributed by atoms with Gasteiger partial charge in [0.2, 0.25) is 11.8 Å². The number of anilines is 3. The summed E-state index contributed by atoms with van der Waals surface area (Å²) in [6, 6.07) is 18.6. The van der Waals surface area contributed by atoms with Crippen molar-refractivity contribution in [2.45, 2.75) is 19.4 Å². The molecule has 130 valence electrons. The number of benzene rings is 3. The molecule has 4 rings (SSSR count). The van der Waals surface area contributed by atoms with Crippen LogP contribution in [0, 0.1) is 6.92 Å². The van der Waals surface area contributed by atoms with Gasteiger partial charge in [-0.15, -0.1) is 0 Å². The zero-order valence-corrected chi connectivity index (χ0v) is 14.4. The van der Waals surface area contributed by atoms with Crippen LogP contribution in [-0.4, -0.2) is 17.9 Å². The Bertz CT molecular complexity index is 991. The third-order valence-corrected chi connectivity index (χ3v) is 4.53. The molecule has 1 atom stereocenters. The molecule has 2 amide bonds. The third kappa shape index (κ3) is 3.11. The molecule has 3 aromatic carbocycles. The molecule has 5 heteroatoms. The molecular formula is C21H19N3O2. The maximum absolute atomic E-state index is 12.6. The van der Waals surface area contributed by atoms with Crippen LogP contribution in [0.3, 0.4) is 0 Å². The van der Waals surface area contributed by atoms with Gasteiger partial charge in [0.05, 0.1) is 12.1 Å². The molecule has 1 aliphatic heterocycles. The average Bonchev–Trinajstić information content (AvgIpc) is 2.76. The second-order valence-corrected chi connectivity index (χ2v) is 6.51. The van der Waals surface area contributed by atoms with Crippen molar-refractivity contribution in [1.82, 2.24) is 0 Å². The minimum absolute atomic E-state index is 0.0457. The van der Waals surface area contributed by atoms with Crippen molar-refractivity contribution in [3.63, 3.8) is 0 Å². The molecule has 1 aliphatic rings. The molecule has 3 N–H and O–H groups in total. The number of amides is 2. The smallest absolute Gasteiger partial charge is 0.247 e. The summed E-state index contributed by atoms with van der Waals surface area (Å²) in [5.41, 5.74) is 3.46. The first-order chi connectivity index (χ1) is 12.6. The first kappa shape index (κ1) is 16.1. The van der Waals surface area contributed by atoms with E-state index < -0.39 is 6.04 Å². The van der Waals surface area contributed by atoms with Gasteiger partial charge in [0, 0.05) is 16.8 Å². The van der Waals surface area contributed by atoms with Crippen molar-refractivity contribution in [3.8, 4) is 0 Å². The second-order valence-electron chi connectivity index (χ2n) is 6.51. The van der Waals surface area contributed by atoms with Crippen molar-refractivity contribution < 1.29 is 9.59 Å². The van der Waals surface area contributed by atoms with Gasteiger partial charge in [-0.2, -0.15) is 0 Å². The molecule has 5 nitrogen and oxygen atoms in total. The predicted octanol–water partition coefficient (Wildman–Crippen LogP) is 3.91. The fourth-order valence-electron chi connectivity index (χ4n) is 3.22. The van der Waals surface area contributed by atoms with Crippen molar-refractivity contribution in [1.29, 1.82) is 0 Å². The Morgan fingerprint density at radius 3 is 2.42 bits per heavy atom. The Kier molecular flexibility index (Phi) is 4.05. The van der Waals surface area contributed by atoms with E-state index in [0.717, 1.165) is 33.4 Å². The van der Waals surface area contributed by atoms with Crippen LogP contribution in [0.2, 0.25) is 0 Å². The Balaban J connectivity index is 1.55. The number of rotatable bonds is 3. The van der Waals surface area contributed by atoms with Crippen molar-refractivity contribution in [3.05, 3.63) is 66.2 Å². The van der Waals surface area contributed by atoms with E-state index in [0.29, 0.717) is 0 Å². The van der Waals surface area contributed by atoms with E-state index in [9.17, 15) is 9.59 Å². The largest absolute Gasteiger partial charge is 0.373 e. The highest BCUT2D eigenvalue weighted by Crippen LogP contribution is 2.33. The molecule has 0 saturated heterocycles. The van der Waals surface area contributed by atoms with Gasteiger partial charge in [0.15, 0.2) is 0 Å². The number of nitrogens with one attached hydrogen (secondary N) is 3. The lowest BCUT2D eigenvalue weighted by Gasteiger charge is -2.16. The summed E-state index contributed by atoms with van der Waals surface area (Å²) in [4.78, 5) is 25.0. The van der Waals surface area contributed by atoms with E-state index in [1.807, 2.05) is 67.6 Å². The Hall–Kier alpha value is -3.34. The summed E-state index contributed by atoms with van der Waals surface area (Å²) in [5, 5.41) is 11.0. The van der Waals surface area contributed by atoms with Gasteiger partial charge >= 0.3 is 0 Å². The van der Waals surface area contributed by atoms with E-state index in [1.165, 1.54) is 0 Å². The van der Waals surface area contributed by atoms with Gasteiger partial charge in [-0.25, -0.2) is 0 Å². The molecule has 0 unspecified atom stereocenters. The monoisotopic (exact) mass is 345 g/mol. The number of carbonyl (C=O) groups is 2. The molecule has 0 aromatic heterocycles. The lowest BCUT2D eigenvalue weighted by atomic mass is 10.1. The van der Waals surface area contributed by atoms with Gasteiger partial charge in [0.1, 0.15) is 6.04 Å². The van der Waals surface area contributed by atoms with Crippen LogP contribution in [0.5, 0.6) is 0 Å². The van der Waals surface area contributed by atoms with Crippen LogP contribution in [0.1, 0.15) is 12.0 Å². The van der Waals surface area contributed by atoms with Gasteiger partial charge < -0.3 is 16.0 Å². The first-order valence-corrected chi connectivity index (χ1v) is 8.56. The minimum atomic E-state index is -0.640. The molecule has 0 radical (unpaired) electrons. The van der Waals surface area contributed by atoms with E-state index in [1.54, 1.807) is 0 Å². The Morgan fingerprint density at radius 1 is 1.00 bits per heavy atom. The zero-order chi connectivity index (χ0) is 18.1. The standard InChI is InChI=1S/C21H19N3O2/c1-13-8-10-15(11-9-13)22-19(25)12-18-21(26)24-17-7-3-5-14-4-2-6-16(23-18)20(14)17/h2-11,18,23H,12H2,1H3,(H,22,25)(H,24,26)/t18-/m1/s1. The maximum Gasteiger partial charge on any atom is 0.247 e. The van der Waals surface area contributed by atoms with Crippen LogP contribution in [0.15, 0.2) is 60.7 Å². The van der Waals surface area contributed by atoms with Gasteiger partial charge in [0.25, 0.3) is 0 Å². The number of hydrogen-bond donors (Lipinski definition) is 3. The topological polar surface area (TPSA) is 70.2 Å². The Labute approximate surface area is 151 Å². The second kappa shape index (κ2) is 6.52. The van der Waals surface area contributed by atoms with Crippen LogP contribution in [0.4, 0.5) is 17.1 Å². The summed E-state index contributed by atoms with van der Waals surface area (Å²) in [7, 11) is 0. The Morgan fingerprint density at radius 2 is 1.69 bits per heavy atom. The lowest BCUT2D eigenvalue weighted by molar-refractivity contribution is -0.121. The molecule has 0 saturated carbocycles. The quantitative estimate of drug-likeness (QED) is 0.674. The minimum Gasteiger partial charge on any atom is -0.373 e. The summed E-state index contributed by atoms with van der Waals surface area (Å²) in [5.74, 6) is -0.424. The van der Waals surface area contributed by atoms with Crippen molar-refractivity contribution in [2.75, 3.05) is 16.0 Å². The fraction of sp³-hybridized carbons (Fsp3) is 0.143. The normalized spacial score (nSPS) is 15.7. The van der Waals surface area contributed by atoms with E-state index in [2.05, 4.69) is 16.0 Å². The highest BCUT2D eigenvalue weighted by molar-refractivity contribution is 6.13. The van der Waals surface area contributed by atoms with Crippen molar-refractivity contribution >= 4 is 39.6 Å². The van der Waals surface area contributed by atoms with Crippen LogP contribution < -0.4 is 16.0 Å². The van der Waals surface area contributed by atoms with Gasteiger partial charge in [-0.3, -0.25) is 9.59 Å². The van der Waals surface area contributed by atoms with Gasteiger partial charge in [-0.05, 0) is 36.6 Å². The summed E-state index contributed by atoms with van der Waals surface area (Å²) >= 11 is 0. The third-order valence-electron chi connectivity index (χ3n) is 4.53. The van der Waals surface area contributed by atoms with Gasteiger partial charge in [-0.1, -0.05) is 42.0 Å². The summed E-state index contributed by atoms with van der Waals surface area (Å²) in [6.07, 6.45) is 0.0457. The maximum atomic E-state index is 12.6. The van der Waals surface area contributed by atoms with Crippen LogP contribution >= 0.6 is 0 Å². The summed E-state index contributed by atoms with van der Waals surface area (Å²) in [6.45, 7) is 1.99. The van der Waals surface area contributed by atoms with E-state index in [4.69, 9.17) is 0 Å². The number of hydrogen-bond acceptors (Lipinski definition) is 3. The number of aryl methyl sites for hydroxylation is 1. The molecular weight excluding hydrogens is 326 g/mol.